The number of rotatable bonds is 10. The number of pyridine rings is 1. The van der Waals surface area contributed by atoms with E-state index in [1.54, 1.807) is 40.6 Å². The minimum absolute atomic E-state index is 0.0206. The van der Waals surface area contributed by atoms with Gasteiger partial charge in [-0.15, -0.1) is 0 Å². The van der Waals surface area contributed by atoms with Crippen LogP contribution in [0.25, 0.3) is 21.9 Å². The van der Waals surface area contributed by atoms with Crippen molar-refractivity contribution in [1.29, 1.82) is 0 Å². The number of amides is 4. The molecule has 58 heavy (non-hydrogen) atoms. The molecule has 3 saturated heterocycles. The number of para-hydroxylation sites is 1. The number of likely N-dealkylation sites (tertiary alicyclic amines) is 1. The maximum Gasteiger partial charge on any atom is 0.329 e. The minimum atomic E-state index is -0.690. The van der Waals surface area contributed by atoms with Gasteiger partial charge in [0, 0.05) is 50.3 Å². The number of carbonyl (C=O) groups is 4. The van der Waals surface area contributed by atoms with Gasteiger partial charge < -0.3 is 20.3 Å². The molecule has 2 atom stereocenters. The summed E-state index contributed by atoms with van der Waals surface area (Å²) in [7, 11) is 1.78. The van der Waals surface area contributed by atoms with Crippen LogP contribution in [-0.4, -0.2) is 84.7 Å². The maximum atomic E-state index is 13.5. The van der Waals surface area contributed by atoms with Crippen molar-refractivity contribution in [1.82, 2.24) is 39.4 Å². The van der Waals surface area contributed by atoms with Gasteiger partial charge >= 0.3 is 5.69 Å². The summed E-state index contributed by atoms with van der Waals surface area (Å²) < 4.78 is 11.5. The zero-order valence-electron chi connectivity index (χ0n) is 32.7. The number of benzene rings is 2. The fourth-order valence-corrected chi connectivity index (χ4v) is 9.56. The molecule has 1 aliphatic carbocycles. The quantitative estimate of drug-likeness (QED) is 0.171. The van der Waals surface area contributed by atoms with Gasteiger partial charge in [0.2, 0.25) is 17.7 Å². The normalized spacial score (nSPS) is 23.3. The van der Waals surface area contributed by atoms with Crippen molar-refractivity contribution in [3.8, 4) is 5.75 Å². The topological polar surface area (TPSA) is 174 Å². The number of hydrogen-bond acceptors (Lipinski definition) is 9. The summed E-state index contributed by atoms with van der Waals surface area (Å²) in [5.41, 5.74) is 4.18. The van der Waals surface area contributed by atoms with E-state index in [9.17, 15) is 24.0 Å². The van der Waals surface area contributed by atoms with Crippen LogP contribution in [0, 0.1) is 5.92 Å². The summed E-state index contributed by atoms with van der Waals surface area (Å²) in [5.74, 6) is 0.398. The summed E-state index contributed by atoms with van der Waals surface area (Å²) in [6.07, 6.45) is 11.7. The minimum Gasteiger partial charge on any atom is -0.489 e. The highest BCUT2D eigenvalue weighted by Gasteiger charge is 2.33. The molecule has 0 radical (unpaired) electrons. The second-order valence-corrected chi connectivity index (χ2v) is 16.4. The fourth-order valence-electron chi connectivity index (χ4n) is 9.56. The Labute approximate surface area is 335 Å². The second-order valence-electron chi connectivity index (χ2n) is 16.4. The van der Waals surface area contributed by atoms with E-state index in [-0.39, 0.29) is 41.9 Å². The number of anilines is 1. The standard InChI is InChI=1S/C43H49N9O6/c1-49-40-31(5-4-7-35(40)52(43(49)57)36-13-15-39(54)47-42(36)56)27-16-19-50(20-17-27)23-26-8-11-30(12-9-26)51-24-28-21-34(46-41(55)32-6-2-3-18-44-32)37(22-33(28)48-51)58-25-29-10-14-38(53)45-29/h2-7,18,21-22,24,26-27,29-30,36H,8-17,19-20,23,25H2,1H3,(H,45,53)(H,46,55)(H,47,54,56)/t26-,29-,30-,36?/m0/s1. The number of imidazole rings is 1. The van der Waals surface area contributed by atoms with Crippen LogP contribution in [0.15, 0.2) is 65.7 Å². The molecule has 302 valence electrons. The number of nitrogens with one attached hydrogen (secondary N) is 3. The molecule has 3 aromatic heterocycles. The Balaban J connectivity index is 0.827. The Kier molecular flexibility index (Phi) is 10.3. The van der Waals surface area contributed by atoms with Gasteiger partial charge in [0.05, 0.1) is 34.3 Å². The lowest BCUT2D eigenvalue weighted by atomic mass is 9.84. The lowest BCUT2D eigenvalue weighted by molar-refractivity contribution is -0.135. The van der Waals surface area contributed by atoms with Crippen LogP contribution in [0.2, 0.25) is 0 Å². The fraction of sp³-hybridized carbons (Fsp3) is 0.465. The van der Waals surface area contributed by atoms with Crippen molar-refractivity contribution >= 4 is 51.3 Å². The molecule has 1 unspecified atom stereocenters. The van der Waals surface area contributed by atoms with E-state index in [1.807, 2.05) is 24.3 Å². The number of nitrogens with zero attached hydrogens (tertiary/aromatic N) is 6. The van der Waals surface area contributed by atoms with Gasteiger partial charge in [-0.1, -0.05) is 18.2 Å². The second kappa shape index (κ2) is 15.8. The van der Waals surface area contributed by atoms with Crippen LogP contribution in [0.5, 0.6) is 5.75 Å². The van der Waals surface area contributed by atoms with Crippen molar-refractivity contribution in [2.75, 3.05) is 31.6 Å². The molecule has 0 bridgehead atoms. The number of aromatic nitrogens is 5. The summed E-state index contributed by atoms with van der Waals surface area (Å²) >= 11 is 0. The van der Waals surface area contributed by atoms with Crippen LogP contribution in [0.1, 0.15) is 98.3 Å². The first-order valence-electron chi connectivity index (χ1n) is 20.6. The van der Waals surface area contributed by atoms with E-state index in [4.69, 9.17) is 9.84 Å². The van der Waals surface area contributed by atoms with Crippen LogP contribution in [0.4, 0.5) is 5.69 Å². The summed E-state index contributed by atoms with van der Waals surface area (Å²) in [5, 5.41) is 14.2. The first-order valence-corrected chi connectivity index (χ1v) is 20.6. The van der Waals surface area contributed by atoms with Crippen molar-refractivity contribution in [2.24, 2.45) is 13.0 Å². The lowest BCUT2D eigenvalue weighted by Gasteiger charge is -2.37. The highest BCUT2D eigenvalue weighted by molar-refractivity contribution is 6.05. The molecule has 15 heteroatoms. The van der Waals surface area contributed by atoms with E-state index < -0.39 is 11.9 Å². The zero-order valence-corrected chi connectivity index (χ0v) is 32.7. The van der Waals surface area contributed by atoms with E-state index in [0.717, 1.165) is 85.7 Å². The van der Waals surface area contributed by atoms with E-state index in [1.165, 1.54) is 0 Å². The molecular formula is C43H49N9O6. The van der Waals surface area contributed by atoms with Gasteiger partial charge in [0.15, 0.2) is 0 Å². The highest BCUT2D eigenvalue weighted by atomic mass is 16.5. The van der Waals surface area contributed by atoms with Crippen molar-refractivity contribution in [2.45, 2.75) is 88.3 Å². The largest absolute Gasteiger partial charge is 0.489 e. The van der Waals surface area contributed by atoms with Gasteiger partial charge in [-0.25, -0.2) is 4.79 Å². The summed E-state index contributed by atoms with van der Waals surface area (Å²) in [6, 6.07) is 14.5. The Hall–Kier alpha value is -5.83. The third-order valence-corrected chi connectivity index (χ3v) is 12.7. The number of imide groups is 1. The first-order chi connectivity index (χ1) is 28.2. The summed E-state index contributed by atoms with van der Waals surface area (Å²) in [4.78, 5) is 69.7. The lowest BCUT2D eigenvalue weighted by Crippen LogP contribution is -2.44. The predicted molar refractivity (Wildman–Crippen MR) is 217 cm³/mol. The molecule has 3 aliphatic heterocycles. The molecule has 3 N–H and O–H groups in total. The third-order valence-electron chi connectivity index (χ3n) is 12.7. The van der Waals surface area contributed by atoms with Crippen LogP contribution < -0.4 is 26.4 Å². The van der Waals surface area contributed by atoms with Crippen molar-refractivity contribution < 1.29 is 23.9 Å². The van der Waals surface area contributed by atoms with Gasteiger partial charge in [-0.3, -0.25) is 43.3 Å². The number of carbonyl (C=O) groups excluding carboxylic acids is 4. The van der Waals surface area contributed by atoms with Crippen LogP contribution in [0.3, 0.4) is 0 Å². The Morgan fingerprint density at radius 2 is 1.72 bits per heavy atom. The molecular weight excluding hydrogens is 739 g/mol. The Morgan fingerprint density at radius 1 is 0.914 bits per heavy atom. The van der Waals surface area contributed by atoms with Gasteiger partial charge in [-0.05, 0) is 106 Å². The van der Waals surface area contributed by atoms with E-state index in [2.05, 4.69) is 42.8 Å². The number of hydrogen-bond donors (Lipinski definition) is 3. The zero-order chi connectivity index (χ0) is 39.9. The molecule has 5 aromatic rings. The van der Waals surface area contributed by atoms with Gasteiger partial charge in [0.25, 0.3) is 5.91 Å². The third kappa shape index (κ3) is 7.50. The van der Waals surface area contributed by atoms with Crippen molar-refractivity contribution in [3.05, 3.63) is 82.7 Å². The SMILES string of the molecule is Cn1c(=O)n(C2CCC(=O)NC2=O)c2cccc(C3CCN(C[C@H]4CC[C@H](n5cc6cc(NC(=O)c7ccccn7)c(OC[C@@H]7CCC(=O)N7)cc6n5)CC4)CC3)c21. The molecule has 1 saturated carbocycles. The number of fused-ring (bicyclic) bond motifs is 2. The predicted octanol–water partition coefficient (Wildman–Crippen LogP) is 4.58. The van der Waals surface area contributed by atoms with E-state index in [0.29, 0.717) is 54.8 Å². The van der Waals surface area contributed by atoms with Gasteiger partial charge in [-0.2, -0.15) is 5.10 Å². The molecule has 2 aromatic carbocycles. The number of piperidine rings is 2. The molecule has 15 nitrogen and oxygen atoms in total. The van der Waals surface area contributed by atoms with Crippen molar-refractivity contribution in [3.63, 3.8) is 0 Å². The van der Waals surface area contributed by atoms with Crippen LogP contribution in [-0.2, 0) is 21.4 Å². The molecule has 9 rings (SSSR count). The molecule has 4 aliphatic rings. The van der Waals surface area contributed by atoms with Gasteiger partial charge in [0.1, 0.15) is 24.1 Å². The molecule has 4 fully saturated rings. The Morgan fingerprint density at radius 3 is 2.47 bits per heavy atom. The molecule has 4 amide bonds. The highest BCUT2D eigenvalue weighted by Crippen LogP contribution is 2.38. The smallest absolute Gasteiger partial charge is 0.329 e. The summed E-state index contributed by atoms with van der Waals surface area (Å²) in [6.45, 7) is 3.34. The average molecular weight is 788 g/mol. The molecule has 6 heterocycles. The van der Waals surface area contributed by atoms with E-state index >= 15 is 0 Å². The van der Waals surface area contributed by atoms with Crippen LogP contribution >= 0.6 is 0 Å². The first kappa shape index (κ1) is 37.7. The molecule has 0 spiro atoms. The average Bonchev–Trinajstić information content (AvgIpc) is 3.92. The monoisotopic (exact) mass is 787 g/mol. The number of aryl methyl sites for hydroxylation is 1. The maximum absolute atomic E-state index is 13.5. The number of ether oxygens (including phenoxy) is 1. The Bertz CT molecular complexity index is 2440.